The molecule has 8 nitrogen and oxygen atoms in total. The highest BCUT2D eigenvalue weighted by Crippen LogP contribution is 2.19. The van der Waals surface area contributed by atoms with Gasteiger partial charge in [0.15, 0.2) is 0 Å². The molecule has 0 spiro atoms. The number of benzene rings is 2. The predicted octanol–water partition coefficient (Wildman–Crippen LogP) is 4.61. The highest BCUT2D eigenvalue weighted by Gasteiger charge is 2.05. The van der Waals surface area contributed by atoms with Crippen molar-refractivity contribution in [3.05, 3.63) is 85.5 Å². The molecule has 0 atom stereocenters. The smallest absolute Gasteiger partial charge is 0.323 e. The fraction of sp³-hybridized carbons (Fsp3) is 0. The van der Waals surface area contributed by atoms with Crippen LogP contribution in [-0.4, -0.2) is 25.6 Å². The average molecular weight is 426 g/mol. The van der Waals surface area contributed by atoms with Crippen LogP contribution in [0.3, 0.4) is 0 Å². The third-order valence-corrected chi connectivity index (χ3v) is 3.92. The monoisotopic (exact) mass is 425 g/mol. The maximum atomic E-state index is 13.2. The number of nitrogens with one attached hydrogen (secondary N) is 3. The minimum Gasteiger partial charge on any atom is -0.340 e. The average Bonchev–Trinajstić information content (AvgIpc) is 3.25. The van der Waals surface area contributed by atoms with Gasteiger partial charge in [0.1, 0.15) is 30.1 Å². The maximum Gasteiger partial charge on any atom is 0.323 e. The van der Waals surface area contributed by atoms with Crippen LogP contribution >= 0.6 is 12.4 Å². The number of hydrogen-bond acceptors (Lipinski definition) is 5. The third kappa shape index (κ3) is 5.30. The van der Waals surface area contributed by atoms with E-state index in [4.69, 9.17) is 0 Å². The number of aromatic nitrogens is 4. The lowest BCUT2D eigenvalue weighted by molar-refractivity contribution is 0.262. The van der Waals surface area contributed by atoms with E-state index in [1.165, 1.54) is 24.5 Å². The van der Waals surface area contributed by atoms with Crippen LogP contribution in [0.1, 0.15) is 0 Å². The van der Waals surface area contributed by atoms with Crippen LogP contribution < -0.4 is 16.0 Å². The van der Waals surface area contributed by atoms with Gasteiger partial charge in [-0.05, 0) is 42.5 Å². The van der Waals surface area contributed by atoms with Gasteiger partial charge in [0, 0.05) is 35.5 Å². The van der Waals surface area contributed by atoms with Crippen molar-refractivity contribution in [2.24, 2.45) is 0 Å². The van der Waals surface area contributed by atoms with Crippen molar-refractivity contribution < 1.29 is 9.18 Å². The first-order chi connectivity index (χ1) is 14.2. The molecule has 152 valence electrons. The van der Waals surface area contributed by atoms with Crippen LogP contribution in [0, 0.1) is 5.82 Å². The molecule has 2 heterocycles. The van der Waals surface area contributed by atoms with Gasteiger partial charge in [-0.15, -0.1) is 12.4 Å². The second kappa shape index (κ2) is 9.48. The Morgan fingerprint density at radius 3 is 2.43 bits per heavy atom. The van der Waals surface area contributed by atoms with Gasteiger partial charge >= 0.3 is 6.03 Å². The molecule has 10 heteroatoms. The predicted molar refractivity (Wildman–Crippen MR) is 115 cm³/mol. The van der Waals surface area contributed by atoms with Gasteiger partial charge in [0.2, 0.25) is 0 Å². The zero-order valence-corrected chi connectivity index (χ0v) is 16.3. The summed E-state index contributed by atoms with van der Waals surface area (Å²) in [6.07, 6.45) is 6.58. The largest absolute Gasteiger partial charge is 0.340 e. The molecule has 2 amide bonds. The van der Waals surface area contributed by atoms with E-state index in [2.05, 4.69) is 30.9 Å². The molecule has 0 aliphatic rings. The van der Waals surface area contributed by atoms with E-state index in [9.17, 15) is 9.18 Å². The topological polar surface area (TPSA) is 96.8 Å². The fourth-order valence-electron chi connectivity index (χ4n) is 2.60. The Morgan fingerprint density at radius 2 is 1.70 bits per heavy atom. The van der Waals surface area contributed by atoms with Crippen LogP contribution in [-0.2, 0) is 0 Å². The van der Waals surface area contributed by atoms with Crippen molar-refractivity contribution in [2.75, 3.05) is 16.0 Å². The van der Waals surface area contributed by atoms with Crippen molar-refractivity contribution in [3.8, 4) is 5.82 Å². The van der Waals surface area contributed by atoms with Gasteiger partial charge in [-0.1, -0.05) is 6.07 Å². The minimum atomic E-state index is -0.461. The number of urea groups is 1. The SMILES string of the molecule is Cl.O=C(Nc1ccc(Nc2cc(-n3ccnc3)ncn2)cc1)Nc1cccc(F)c1. The van der Waals surface area contributed by atoms with Crippen molar-refractivity contribution in [3.63, 3.8) is 0 Å². The molecule has 0 saturated heterocycles. The Kier molecular flexibility index (Phi) is 6.56. The zero-order valence-electron chi connectivity index (χ0n) is 15.5. The normalized spacial score (nSPS) is 10.0. The second-order valence-corrected chi connectivity index (χ2v) is 6.02. The molecule has 4 rings (SSSR count). The standard InChI is InChI=1S/C20H16FN7O.ClH/c21-14-2-1-3-17(10-14)27-20(29)26-16-6-4-15(5-7-16)25-18-11-19(24-12-23-18)28-9-8-22-13-28;/h1-13H,(H,23,24,25)(H2,26,27,29);1H. The summed E-state index contributed by atoms with van der Waals surface area (Å²) in [5, 5.41) is 8.45. The molecule has 30 heavy (non-hydrogen) atoms. The van der Waals surface area contributed by atoms with E-state index >= 15 is 0 Å². The van der Waals surface area contributed by atoms with E-state index in [0.717, 1.165) is 5.69 Å². The lowest BCUT2D eigenvalue weighted by Crippen LogP contribution is -2.19. The summed E-state index contributed by atoms with van der Waals surface area (Å²) in [4.78, 5) is 24.4. The summed E-state index contributed by atoms with van der Waals surface area (Å²) in [5.41, 5.74) is 1.75. The van der Waals surface area contributed by atoms with Gasteiger partial charge in [-0.3, -0.25) is 4.57 Å². The molecule has 2 aromatic carbocycles. The highest BCUT2D eigenvalue weighted by molar-refractivity contribution is 5.99. The molecule has 0 aliphatic carbocycles. The number of amides is 2. The summed E-state index contributed by atoms with van der Waals surface area (Å²) in [7, 11) is 0. The third-order valence-electron chi connectivity index (χ3n) is 3.92. The number of halogens is 2. The lowest BCUT2D eigenvalue weighted by Gasteiger charge is -2.10. The number of hydrogen-bond donors (Lipinski definition) is 3. The Hall–Kier alpha value is -3.98. The summed E-state index contributed by atoms with van der Waals surface area (Å²) in [6.45, 7) is 0. The number of carbonyl (C=O) groups excluding carboxylic acids is 1. The van der Waals surface area contributed by atoms with Gasteiger partial charge in [-0.25, -0.2) is 24.1 Å². The van der Waals surface area contributed by atoms with Crippen molar-refractivity contribution in [2.45, 2.75) is 0 Å². The lowest BCUT2D eigenvalue weighted by atomic mass is 10.2. The molecule has 2 aromatic heterocycles. The molecule has 0 bridgehead atoms. The van der Waals surface area contributed by atoms with Crippen LogP contribution in [0.5, 0.6) is 0 Å². The zero-order chi connectivity index (χ0) is 20.1. The van der Waals surface area contributed by atoms with Crippen LogP contribution in [0.2, 0.25) is 0 Å². The number of imidazole rings is 1. The fourth-order valence-corrected chi connectivity index (χ4v) is 2.60. The van der Waals surface area contributed by atoms with Crippen molar-refractivity contribution >= 4 is 41.3 Å². The van der Waals surface area contributed by atoms with Crippen LogP contribution in [0.15, 0.2) is 79.6 Å². The van der Waals surface area contributed by atoms with Gasteiger partial charge < -0.3 is 16.0 Å². The van der Waals surface area contributed by atoms with Gasteiger partial charge in [0.05, 0.1) is 0 Å². The summed E-state index contributed by atoms with van der Waals surface area (Å²) < 4.78 is 15.0. The molecule has 0 radical (unpaired) electrons. The first-order valence-electron chi connectivity index (χ1n) is 8.67. The van der Waals surface area contributed by atoms with Gasteiger partial charge in [-0.2, -0.15) is 0 Å². The minimum absolute atomic E-state index is 0. The number of rotatable bonds is 5. The first kappa shape index (κ1) is 20.7. The van der Waals surface area contributed by atoms with E-state index < -0.39 is 11.8 Å². The van der Waals surface area contributed by atoms with Crippen LogP contribution in [0.4, 0.5) is 32.1 Å². The van der Waals surface area contributed by atoms with E-state index in [-0.39, 0.29) is 12.4 Å². The summed E-state index contributed by atoms with van der Waals surface area (Å²) >= 11 is 0. The maximum absolute atomic E-state index is 13.2. The molecule has 3 N–H and O–H groups in total. The van der Waals surface area contributed by atoms with E-state index in [1.807, 2.05) is 0 Å². The Balaban J connectivity index is 0.00000256. The molecule has 0 unspecified atom stereocenters. The highest BCUT2D eigenvalue weighted by atomic mass is 35.5. The molecular formula is C20H17ClFN7O. The van der Waals surface area contributed by atoms with Crippen molar-refractivity contribution in [1.82, 2.24) is 19.5 Å². The van der Waals surface area contributed by atoms with Crippen LogP contribution in [0.25, 0.3) is 5.82 Å². The van der Waals surface area contributed by atoms with E-state index in [0.29, 0.717) is 23.0 Å². The van der Waals surface area contributed by atoms with Crippen molar-refractivity contribution in [1.29, 1.82) is 0 Å². The Labute approximate surface area is 177 Å². The molecule has 0 fully saturated rings. The first-order valence-corrected chi connectivity index (χ1v) is 8.67. The van der Waals surface area contributed by atoms with Gasteiger partial charge in [0.25, 0.3) is 0 Å². The Bertz CT molecular complexity index is 1120. The van der Waals surface area contributed by atoms with E-state index in [1.54, 1.807) is 59.7 Å². The Morgan fingerprint density at radius 1 is 0.933 bits per heavy atom. The summed E-state index contributed by atoms with van der Waals surface area (Å²) in [6, 6.07) is 14.1. The molecule has 4 aromatic rings. The summed E-state index contributed by atoms with van der Waals surface area (Å²) in [5.74, 6) is 0.889. The number of anilines is 4. The number of nitrogens with zero attached hydrogens (tertiary/aromatic N) is 4. The molecular weight excluding hydrogens is 409 g/mol. The molecule has 0 aliphatic heterocycles. The molecule has 0 saturated carbocycles. The quantitative estimate of drug-likeness (QED) is 0.434. The second-order valence-electron chi connectivity index (χ2n) is 6.02. The number of carbonyl (C=O) groups is 1.